The van der Waals surface area contributed by atoms with Gasteiger partial charge in [-0.3, -0.25) is 0 Å². The number of fused-ring (bicyclic) bond motifs is 1. The Morgan fingerprint density at radius 1 is 1.06 bits per heavy atom. The van der Waals surface area contributed by atoms with Crippen molar-refractivity contribution in [2.75, 3.05) is 0 Å². The van der Waals surface area contributed by atoms with E-state index in [2.05, 4.69) is 48.1 Å². The molecule has 98 valence electrons. The first-order valence-corrected chi connectivity index (χ1v) is 6.72. The number of rotatable bonds is 1. The number of ether oxygens (including phenoxy) is 1. The van der Waals surface area contributed by atoms with Crippen LogP contribution >= 0.6 is 0 Å². The lowest BCUT2D eigenvalue weighted by Crippen LogP contribution is -2.38. The molecule has 1 aliphatic heterocycles. The predicted octanol–water partition coefficient (Wildman–Crippen LogP) is 4.58. The van der Waals surface area contributed by atoms with E-state index in [1.54, 1.807) is 0 Å². The lowest BCUT2D eigenvalue weighted by atomic mass is 9.83. The highest BCUT2D eigenvalue weighted by Crippen LogP contribution is 2.42. The van der Waals surface area contributed by atoms with E-state index in [0.717, 1.165) is 24.2 Å². The summed E-state index contributed by atoms with van der Waals surface area (Å²) in [6.45, 7) is 17.1. The fourth-order valence-electron chi connectivity index (χ4n) is 2.74. The van der Waals surface area contributed by atoms with E-state index in [1.165, 1.54) is 27.8 Å². The van der Waals surface area contributed by atoms with Crippen molar-refractivity contribution in [1.82, 2.24) is 0 Å². The molecule has 0 saturated heterocycles. The van der Waals surface area contributed by atoms with Gasteiger partial charge in [0.2, 0.25) is 0 Å². The molecule has 0 saturated carbocycles. The molecule has 1 aliphatic rings. The maximum Gasteiger partial charge on any atom is 0.127 e. The van der Waals surface area contributed by atoms with Gasteiger partial charge in [-0.1, -0.05) is 6.58 Å². The minimum Gasteiger partial charge on any atom is -0.483 e. The van der Waals surface area contributed by atoms with Gasteiger partial charge in [-0.15, -0.1) is 0 Å². The first-order chi connectivity index (χ1) is 8.28. The molecule has 1 aromatic rings. The predicted molar refractivity (Wildman–Crippen MR) is 77.6 cm³/mol. The summed E-state index contributed by atoms with van der Waals surface area (Å²) in [5, 5.41) is 0. The summed E-state index contributed by atoms with van der Waals surface area (Å²) in [5.41, 5.74) is 7.77. The Hall–Kier alpha value is -1.24. The van der Waals surface area contributed by atoms with Gasteiger partial charge < -0.3 is 4.74 Å². The molecule has 2 rings (SSSR count). The molecule has 0 bridgehead atoms. The zero-order valence-corrected chi connectivity index (χ0v) is 12.5. The van der Waals surface area contributed by atoms with Crippen LogP contribution in [0.3, 0.4) is 0 Å². The molecule has 0 spiro atoms. The SMILES string of the molecule is C=C(C)C1(C)CCc2c(C)c(C)c(C)c(C)c2O1. The van der Waals surface area contributed by atoms with Crippen LogP contribution in [0, 0.1) is 27.7 Å². The second kappa shape index (κ2) is 4.15. The highest BCUT2D eigenvalue weighted by molar-refractivity contribution is 5.55. The Labute approximate surface area is 111 Å². The quantitative estimate of drug-likeness (QED) is 0.657. The van der Waals surface area contributed by atoms with Gasteiger partial charge in [0, 0.05) is 0 Å². The van der Waals surface area contributed by atoms with E-state index in [4.69, 9.17) is 4.74 Å². The molecule has 0 amide bonds. The van der Waals surface area contributed by atoms with Gasteiger partial charge in [0.25, 0.3) is 0 Å². The lowest BCUT2D eigenvalue weighted by molar-refractivity contribution is 0.101. The minimum absolute atomic E-state index is 0.202. The van der Waals surface area contributed by atoms with Crippen molar-refractivity contribution in [3.05, 3.63) is 40.0 Å². The molecule has 1 unspecified atom stereocenters. The Balaban J connectivity index is 2.61. The van der Waals surface area contributed by atoms with Crippen LogP contribution in [0.5, 0.6) is 5.75 Å². The zero-order chi connectivity index (χ0) is 13.7. The summed E-state index contributed by atoms with van der Waals surface area (Å²) < 4.78 is 6.33. The van der Waals surface area contributed by atoms with Gasteiger partial charge in [-0.05, 0) is 87.8 Å². The van der Waals surface area contributed by atoms with E-state index >= 15 is 0 Å². The molecule has 1 aromatic carbocycles. The van der Waals surface area contributed by atoms with Crippen molar-refractivity contribution in [2.24, 2.45) is 0 Å². The van der Waals surface area contributed by atoms with Crippen molar-refractivity contribution in [3.63, 3.8) is 0 Å². The van der Waals surface area contributed by atoms with Crippen molar-refractivity contribution in [1.29, 1.82) is 0 Å². The van der Waals surface area contributed by atoms with E-state index in [9.17, 15) is 0 Å². The largest absolute Gasteiger partial charge is 0.483 e. The first-order valence-electron chi connectivity index (χ1n) is 6.72. The molecule has 1 nitrogen and oxygen atoms in total. The third-order valence-corrected chi connectivity index (χ3v) is 4.84. The van der Waals surface area contributed by atoms with Gasteiger partial charge in [-0.2, -0.15) is 0 Å². The molecule has 1 heteroatoms. The molecule has 0 N–H and O–H groups in total. The molecule has 0 radical (unpaired) electrons. The summed E-state index contributed by atoms with van der Waals surface area (Å²) >= 11 is 0. The van der Waals surface area contributed by atoms with Crippen molar-refractivity contribution in [3.8, 4) is 5.75 Å². The molecular formula is C17H24O. The van der Waals surface area contributed by atoms with Crippen LogP contribution in [0.4, 0.5) is 0 Å². The monoisotopic (exact) mass is 244 g/mol. The van der Waals surface area contributed by atoms with E-state index < -0.39 is 0 Å². The average Bonchev–Trinajstić information content (AvgIpc) is 2.33. The number of benzene rings is 1. The summed E-state index contributed by atoms with van der Waals surface area (Å²) in [5.74, 6) is 1.10. The molecular weight excluding hydrogens is 220 g/mol. The third kappa shape index (κ3) is 1.77. The minimum atomic E-state index is -0.202. The van der Waals surface area contributed by atoms with Crippen LogP contribution in [0.1, 0.15) is 48.1 Å². The highest BCUT2D eigenvalue weighted by Gasteiger charge is 2.34. The molecule has 1 atom stereocenters. The van der Waals surface area contributed by atoms with Crippen LogP contribution in [0.2, 0.25) is 0 Å². The average molecular weight is 244 g/mol. The van der Waals surface area contributed by atoms with Gasteiger partial charge in [0.1, 0.15) is 11.4 Å². The Morgan fingerprint density at radius 3 is 2.17 bits per heavy atom. The van der Waals surface area contributed by atoms with Crippen molar-refractivity contribution < 1.29 is 4.74 Å². The van der Waals surface area contributed by atoms with Gasteiger partial charge in [-0.25, -0.2) is 0 Å². The van der Waals surface area contributed by atoms with Gasteiger partial charge in [0.15, 0.2) is 0 Å². The maximum atomic E-state index is 6.33. The van der Waals surface area contributed by atoms with Crippen LogP contribution in [0.25, 0.3) is 0 Å². The third-order valence-electron chi connectivity index (χ3n) is 4.84. The molecule has 18 heavy (non-hydrogen) atoms. The number of hydrogen-bond donors (Lipinski definition) is 0. The molecule has 0 aliphatic carbocycles. The number of hydrogen-bond acceptors (Lipinski definition) is 1. The second-order valence-electron chi connectivity index (χ2n) is 5.92. The van der Waals surface area contributed by atoms with Crippen molar-refractivity contribution in [2.45, 2.75) is 60.0 Å². The lowest BCUT2D eigenvalue weighted by Gasteiger charge is -2.38. The van der Waals surface area contributed by atoms with Gasteiger partial charge in [0.05, 0.1) is 0 Å². The first kappa shape index (κ1) is 13.2. The van der Waals surface area contributed by atoms with Crippen LogP contribution < -0.4 is 4.74 Å². The summed E-state index contributed by atoms with van der Waals surface area (Å²) in [6.07, 6.45) is 2.12. The fraction of sp³-hybridized carbons (Fsp3) is 0.529. The fourth-order valence-corrected chi connectivity index (χ4v) is 2.74. The van der Waals surface area contributed by atoms with E-state index in [1.807, 2.05) is 0 Å². The summed E-state index contributed by atoms with van der Waals surface area (Å²) in [6, 6.07) is 0. The van der Waals surface area contributed by atoms with E-state index in [-0.39, 0.29) is 5.60 Å². The van der Waals surface area contributed by atoms with Crippen molar-refractivity contribution >= 4 is 0 Å². The molecule has 0 aromatic heterocycles. The zero-order valence-electron chi connectivity index (χ0n) is 12.5. The highest BCUT2D eigenvalue weighted by atomic mass is 16.5. The normalized spacial score (nSPS) is 22.3. The van der Waals surface area contributed by atoms with Crippen LogP contribution in [-0.4, -0.2) is 5.60 Å². The maximum absolute atomic E-state index is 6.33. The second-order valence-corrected chi connectivity index (χ2v) is 5.92. The topological polar surface area (TPSA) is 9.23 Å². The Morgan fingerprint density at radius 2 is 1.61 bits per heavy atom. The smallest absolute Gasteiger partial charge is 0.127 e. The molecule has 0 fully saturated rings. The summed E-state index contributed by atoms with van der Waals surface area (Å²) in [7, 11) is 0. The standard InChI is InChI=1S/C17H24O/c1-10(2)17(7)9-8-15-13(5)11(3)12(4)14(6)16(15)18-17/h1,8-9H2,2-7H3. The molecule has 1 heterocycles. The Kier molecular flexibility index (Phi) is 3.04. The van der Waals surface area contributed by atoms with Crippen LogP contribution in [-0.2, 0) is 6.42 Å². The van der Waals surface area contributed by atoms with E-state index in [0.29, 0.717) is 0 Å². The van der Waals surface area contributed by atoms with Gasteiger partial charge >= 0.3 is 0 Å². The summed E-state index contributed by atoms with van der Waals surface area (Å²) in [4.78, 5) is 0. The Bertz CT molecular complexity index is 525. The van der Waals surface area contributed by atoms with Crippen LogP contribution in [0.15, 0.2) is 12.2 Å².